The number of benzene rings is 1. The number of amides is 1. The molecule has 5 nitrogen and oxygen atoms in total. The highest BCUT2D eigenvalue weighted by molar-refractivity contribution is 5.92. The smallest absolute Gasteiger partial charge is 0.274 e. The van der Waals surface area contributed by atoms with Crippen LogP contribution >= 0.6 is 0 Å². The lowest BCUT2D eigenvalue weighted by Crippen LogP contribution is -2.45. The van der Waals surface area contributed by atoms with Crippen LogP contribution < -0.4 is 0 Å². The third-order valence-corrected chi connectivity index (χ3v) is 4.19. The van der Waals surface area contributed by atoms with E-state index in [1.165, 1.54) is 5.56 Å². The zero-order chi connectivity index (χ0) is 16.1. The molecule has 0 radical (unpaired) electrons. The van der Waals surface area contributed by atoms with Crippen LogP contribution in [-0.2, 0) is 11.2 Å². The average Bonchev–Trinajstić information content (AvgIpc) is 3.02. The largest absolute Gasteiger partial charge is 0.375 e. The number of H-pyrrole nitrogens is 1. The topological polar surface area (TPSA) is 58.2 Å². The summed E-state index contributed by atoms with van der Waals surface area (Å²) in [5.74, 6) is -0.00860. The molecule has 1 N–H and O–H groups in total. The molecule has 0 saturated carbocycles. The highest BCUT2D eigenvalue weighted by Gasteiger charge is 2.25. The van der Waals surface area contributed by atoms with Gasteiger partial charge in [-0.15, -0.1) is 0 Å². The Labute approximate surface area is 136 Å². The fourth-order valence-corrected chi connectivity index (χ4v) is 2.95. The van der Waals surface area contributed by atoms with Gasteiger partial charge in [0.15, 0.2) is 0 Å². The van der Waals surface area contributed by atoms with Crippen LogP contribution in [0.15, 0.2) is 36.4 Å². The van der Waals surface area contributed by atoms with Crippen molar-refractivity contribution >= 4 is 5.91 Å². The van der Waals surface area contributed by atoms with Gasteiger partial charge in [-0.3, -0.25) is 9.89 Å². The molecule has 1 unspecified atom stereocenters. The fraction of sp³-hybridized carbons (Fsp3) is 0.444. The van der Waals surface area contributed by atoms with E-state index in [-0.39, 0.29) is 12.0 Å². The van der Waals surface area contributed by atoms with E-state index in [0.717, 1.165) is 25.0 Å². The van der Waals surface area contributed by atoms with Gasteiger partial charge in [0.25, 0.3) is 5.91 Å². The first-order chi connectivity index (χ1) is 11.2. The van der Waals surface area contributed by atoms with E-state index in [9.17, 15) is 4.79 Å². The number of nitrogens with zero attached hydrogens (tertiary/aromatic N) is 2. The van der Waals surface area contributed by atoms with Gasteiger partial charge in [-0.2, -0.15) is 5.10 Å². The highest BCUT2D eigenvalue weighted by atomic mass is 16.5. The lowest BCUT2D eigenvalue weighted by atomic mass is 10.0. The number of nitrogens with one attached hydrogen (secondary N) is 1. The lowest BCUT2D eigenvalue weighted by molar-refractivity contribution is -0.0256. The normalized spacial score (nSPS) is 18.1. The number of carbonyl (C=O) groups excluding carboxylic acids is 1. The van der Waals surface area contributed by atoms with Crippen molar-refractivity contribution in [1.29, 1.82) is 0 Å². The summed E-state index contributed by atoms with van der Waals surface area (Å²) in [4.78, 5) is 14.3. The van der Waals surface area contributed by atoms with Crippen LogP contribution in [-0.4, -0.2) is 46.8 Å². The second-order valence-corrected chi connectivity index (χ2v) is 6.06. The minimum atomic E-state index is -0.00860. The molecular formula is C18H23N3O2. The van der Waals surface area contributed by atoms with E-state index < -0.39 is 0 Å². The Kier molecular flexibility index (Phi) is 5.08. The maximum atomic E-state index is 12.4. The molecule has 1 saturated heterocycles. The van der Waals surface area contributed by atoms with Crippen molar-refractivity contribution in [2.24, 2.45) is 0 Å². The Morgan fingerprint density at radius 2 is 2.22 bits per heavy atom. The summed E-state index contributed by atoms with van der Waals surface area (Å²) in [5, 5.41) is 6.88. The van der Waals surface area contributed by atoms with Crippen molar-refractivity contribution in [3.63, 3.8) is 0 Å². The van der Waals surface area contributed by atoms with Gasteiger partial charge in [0, 0.05) is 18.8 Å². The molecule has 1 aromatic heterocycles. The molecule has 2 aromatic rings. The van der Waals surface area contributed by atoms with Gasteiger partial charge in [0.05, 0.1) is 12.7 Å². The summed E-state index contributed by atoms with van der Waals surface area (Å²) < 4.78 is 5.82. The van der Waals surface area contributed by atoms with E-state index in [2.05, 4.69) is 34.5 Å². The quantitative estimate of drug-likeness (QED) is 0.923. The third-order valence-electron chi connectivity index (χ3n) is 4.19. The minimum absolute atomic E-state index is 0.00860. The molecule has 23 heavy (non-hydrogen) atoms. The van der Waals surface area contributed by atoms with Gasteiger partial charge in [0.2, 0.25) is 0 Å². The van der Waals surface area contributed by atoms with Crippen molar-refractivity contribution in [3.8, 4) is 0 Å². The minimum Gasteiger partial charge on any atom is -0.375 e. The van der Waals surface area contributed by atoms with Crippen molar-refractivity contribution in [2.45, 2.75) is 32.3 Å². The summed E-state index contributed by atoms with van der Waals surface area (Å²) >= 11 is 0. The molecule has 1 aliphatic heterocycles. The van der Waals surface area contributed by atoms with Gasteiger partial charge in [0.1, 0.15) is 5.69 Å². The fourth-order valence-electron chi connectivity index (χ4n) is 2.95. The van der Waals surface area contributed by atoms with E-state index in [1.807, 2.05) is 17.9 Å². The predicted octanol–water partition coefficient (Wildman–Crippen LogP) is 2.58. The van der Waals surface area contributed by atoms with E-state index in [0.29, 0.717) is 25.4 Å². The van der Waals surface area contributed by atoms with Crippen LogP contribution in [0.5, 0.6) is 0 Å². The zero-order valence-electron chi connectivity index (χ0n) is 13.5. The van der Waals surface area contributed by atoms with Gasteiger partial charge in [-0.25, -0.2) is 0 Å². The van der Waals surface area contributed by atoms with Gasteiger partial charge in [-0.05, 0) is 37.8 Å². The standard InChI is InChI=1S/C18H23N3O2/c1-14-12-17(20-19-14)18(22)21-10-11-23-16(13-21)9-5-8-15-6-3-2-4-7-15/h2-4,6-7,12,16H,5,8-11,13H2,1H3,(H,19,20). The van der Waals surface area contributed by atoms with Crippen LogP contribution in [0.1, 0.15) is 34.6 Å². The van der Waals surface area contributed by atoms with Crippen LogP contribution in [0.25, 0.3) is 0 Å². The Hall–Kier alpha value is -2.14. The molecule has 0 spiro atoms. The summed E-state index contributed by atoms with van der Waals surface area (Å²) in [6.07, 6.45) is 3.21. The molecule has 0 aliphatic carbocycles. The molecule has 1 atom stereocenters. The van der Waals surface area contributed by atoms with Crippen LogP contribution in [0, 0.1) is 6.92 Å². The van der Waals surface area contributed by atoms with E-state index >= 15 is 0 Å². The third kappa shape index (κ3) is 4.20. The Morgan fingerprint density at radius 1 is 1.39 bits per heavy atom. The number of hydrogen-bond acceptors (Lipinski definition) is 3. The number of aromatic amines is 1. The van der Waals surface area contributed by atoms with Crippen molar-refractivity contribution < 1.29 is 9.53 Å². The number of hydrogen-bond donors (Lipinski definition) is 1. The monoisotopic (exact) mass is 313 g/mol. The van der Waals surface area contributed by atoms with Crippen LogP contribution in [0.3, 0.4) is 0 Å². The Morgan fingerprint density at radius 3 is 2.96 bits per heavy atom. The van der Waals surface area contributed by atoms with Crippen LogP contribution in [0.2, 0.25) is 0 Å². The van der Waals surface area contributed by atoms with Gasteiger partial charge in [-0.1, -0.05) is 30.3 Å². The van der Waals surface area contributed by atoms with E-state index in [1.54, 1.807) is 6.07 Å². The molecule has 1 aliphatic rings. The van der Waals surface area contributed by atoms with E-state index in [4.69, 9.17) is 4.74 Å². The van der Waals surface area contributed by atoms with Crippen molar-refractivity contribution in [1.82, 2.24) is 15.1 Å². The molecule has 122 valence electrons. The van der Waals surface area contributed by atoms with Gasteiger partial charge < -0.3 is 9.64 Å². The summed E-state index contributed by atoms with van der Waals surface area (Å²) in [5.41, 5.74) is 2.75. The molecule has 1 amide bonds. The highest BCUT2D eigenvalue weighted by Crippen LogP contribution is 2.15. The molecule has 2 heterocycles. The second kappa shape index (κ2) is 7.42. The maximum absolute atomic E-state index is 12.4. The number of carbonyl (C=O) groups is 1. The predicted molar refractivity (Wildman–Crippen MR) is 88.3 cm³/mol. The molecule has 5 heteroatoms. The lowest BCUT2D eigenvalue weighted by Gasteiger charge is -2.32. The number of aryl methyl sites for hydroxylation is 2. The average molecular weight is 313 g/mol. The summed E-state index contributed by atoms with van der Waals surface area (Å²) in [7, 11) is 0. The van der Waals surface area contributed by atoms with Crippen molar-refractivity contribution in [3.05, 3.63) is 53.3 Å². The summed E-state index contributed by atoms with van der Waals surface area (Å²) in [6.45, 7) is 3.79. The Bertz CT molecular complexity index is 639. The molecule has 1 aromatic carbocycles. The summed E-state index contributed by atoms with van der Waals surface area (Å²) in [6, 6.07) is 12.3. The second-order valence-electron chi connectivity index (χ2n) is 6.06. The number of morpholine rings is 1. The molecule has 3 rings (SSSR count). The molecule has 0 bridgehead atoms. The first-order valence-corrected chi connectivity index (χ1v) is 8.19. The maximum Gasteiger partial charge on any atom is 0.274 e. The number of aromatic nitrogens is 2. The van der Waals surface area contributed by atoms with Gasteiger partial charge >= 0.3 is 0 Å². The number of rotatable bonds is 5. The molecular weight excluding hydrogens is 290 g/mol. The van der Waals surface area contributed by atoms with Crippen LogP contribution in [0.4, 0.5) is 0 Å². The Balaban J connectivity index is 1.49. The molecule has 1 fully saturated rings. The number of ether oxygens (including phenoxy) is 1. The van der Waals surface area contributed by atoms with Crippen molar-refractivity contribution in [2.75, 3.05) is 19.7 Å². The first kappa shape index (κ1) is 15.7. The SMILES string of the molecule is Cc1cc(C(=O)N2CCOC(CCCc3ccccc3)C2)n[nH]1. The zero-order valence-corrected chi connectivity index (χ0v) is 13.5. The first-order valence-electron chi connectivity index (χ1n) is 8.19.